The molecule has 0 aliphatic rings. The molecule has 0 radical (unpaired) electrons. The van der Waals surface area contributed by atoms with E-state index in [1.165, 1.54) is 6.07 Å². The number of rotatable bonds is 3. The van der Waals surface area contributed by atoms with E-state index in [2.05, 4.69) is 15.4 Å². The first-order valence-electron chi connectivity index (χ1n) is 3.99. The van der Waals surface area contributed by atoms with E-state index in [-0.39, 0.29) is 5.88 Å². The second-order valence-electron chi connectivity index (χ2n) is 2.61. The molecule has 2 aromatic rings. The van der Waals surface area contributed by atoms with Crippen LogP contribution in [-0.2, 0) is 0 Å². The van der Waals surface area contributed by atoms with Gasteiger partial charge in [-0.1, -0.05) is 0 Å². The van der Waals surface area contributed by atoms with Crippen molar-refractivity contribution in [1.29, 1.82) is 0 Å². The Labute approximate surface area is 79.4 Å². The molecule has 0 saturated carbocycles. The predicted molar refractivity (Wildman–Crippen MR) is 51.7 cm³/mol. The van der Waals surface area contributed by atoms with Crippen molar-refractivity contribution >= 4 is 18.0 Å². The van der Waals surface area contributed by atoms with Gasteiger partial charge in [-0.05, 0) is 24.3 Å². The van der Waals surface area contributed by atoms with Gasteiger partial charge in [0.05, 0.1) is 5.69 Å². The second-order valence-corrected chi connectivity index (χ2v) is 2.61. The fourth-order valence-corrected chi connectivity index (χ4v) is 1.01. The van der Waals surface area contributed by atoms with Gasteiger partial charge in [0, 0.05) is 17.4 Å². The van der Waals surface area contributed by atoms with Crippen LogP contribution in [0.1, 0.15) is 11.5 Å². The van der Waals surface area contributed by atoms with Crippen LogP contribution in [0.15, 0.2) is 34.0 Å². The Hall–Kier alpha value is -2.17. The van der Waals surface area contributed by atoms with Crippen LogP contribution in [0.3, 0.4) is 0 Å². The zero-order valence-electron chi connectivity index (χ0n) is 7.18. The molecule has 0 unspecified atom stereocenters. The summed E-state index contributed by atoms with van der Waals surface area (Å²) in [5, 5.41) is 9.21. The molecule has 1 N–H and O–H groups in total. The van der Waals surface area contributed by atoms with Crippen molar-refractivity contribution in [3.63, 3.8) is 0 Å². The summed E-state index contributed by atoms with van der Waals surface area (Å²) in [4.78, 5) is 10.1. The Bertz CT molecular complexity index is 442. The van der Waals surface area contributed by atoms with E-state index in [9.17, 15) is 4.91 Å². The Morgan fingerprint density at radius 3 is 2.93 bits per heavy atom. The van der Waals surface area contributed by atoms with Crippen molar-refractivity contribution in [2.24, 2.45) is 5.18 Å². The van der Waals surface area contributed by atoms with Gasteiger partial charge >= 0.3 is 0 Å². The van der Waals surface area contributed by atoms with Crippen molar-refractivity contribution in [1.82, 2.24) is 10.2 Å². The summed E-state index contributed by atoms with van der Waals surface area (Å²) in [5.41, 5.74) is 0.863. The van der Waals surface area contributed by atoms with E-state index < -0.39 is 0 Å². The number of aromatic amines is 1. The van der Waals surface area contributed by atoms with E-state index in [1.807, 2.05) is 6.07 Å². The molecular formula is C9H7N3O2. The van der Waals surface area contributed by atoms with Gasteiger partial charge in [0.2, 0.25) is 0 Å². The van der Waals surface area contributed by atoms with E-state index in [0.29, 0.717) is 5.76 Å². The number of nitrogens with one attached hydrogen (secondary N) is 1. The minimum atomic E-state index is 0.0780. The van der Waals surface area contributed by atoms with Gasteiger partial charge in [-0.3, -0.25) is 5.10 Å². The number of furan rings is 1. The van der Waals surface area contributed by atoms with Crippen LogP contribution in [0.5, 0.6) is 0 Å². The lowest BCUT2D eigenvalue weighted by molar-refractivity contribution is 0.567. The lowest BCUT2D eigenvalue weighted by Crippen LogP contribution is -1.69. The minimum Gasteiger partial charge on any atom is -0.436 e. The molecule has 0 saturated heterocycles. The fourth-order valence-electron chi connectivity index (χ4n) is 1.01. The maximum atomic E-state index is 10.1. The van der Waals surface area contributed by atoms with Crippen LogP contribution in [0.4, 0.5) is 5.88 Å². The zero-order valence-corrected chi connectivity index (χ0v) is 7.18. The van der Waals surface area contributed by atoms with Gasteiger partial charge < -0.3 is 4.42 Å². The molecule has 2 aromatic heterocycles. The quantitative estimate of drug-likeness (QED) is 0.754. The van der Waals surface area contributed by atoms with Crippen molar-refractivity contribution < 1.29 is 4.42 Å². The summed E-state index contributed by atoms with van der Waals surface area (Å²) in [7, 11) is 0. The van der Waals surface area contributed by atoms with Crippen molar-refractivity contribution in [3.8, 4) is 0 Å². The molecule has 0 fully saturated rings. The van der Waals surface area contributed by atoms with Crippen LogP contribution in [0.25, 0.3) is 12.2 Å². The predicted octanol–water partition coefficient (Wildman–Crippen LogP) is 2.57. The number of nitrogens with zero attached hydrogens (tertiary/aromatic N) is 2. The largest absolute Gasteiger partial charge is 0.436 e. The molecule has 2 rings (SSSR count). The summed E-state index contributed by atoms with van der Waals surface area (Å²) < 4.78 is 5.03. The summed E-state index contributed by atoms with van der Waals surface area (Å²) in [6, 6.07) is 5.00. The summed E-state index contributed by atoms with van der Waals surface area (Å²) in [6.45, 7) is 0. The molecule has 0 atom stereocenters. The summed E-state index contributed by atoms with van der Waals surface area (Å²) in [5.74, 6) is 0.656. The molecule has 0 aromatic carbocycles. The topological polar surface area (TPSA) is 71.2 Å². The lowest BCUT2D eigenvalue weighted by Gasteiger charge is -1.83. The highest BCUT2D eigenvalue weighted by Gasteiger charge is 1.97. The molecule has 0 amide bonds. The minimum absolute atomic E-state index is 0.0780. The average molecular weight is 189 g/mol. The monoisotopic (exact) mass is 189 g/mol. The molecule has 14 heavy (non-hydrogen) atoms. The highest BCUT2D eigenvalue weighted by atomic mass is 16.4. The Morgan fingerprint density at radius 2 is 2.29 bits per heavy atom. The van der Waals surface area contributed by atoms with Crippen molar-refractivity contribution in [3.05, 3.63) is 40.8 Å². The molecule has 70 valence electrons. The van der Waals surface area contributed by atoms with Crippen LogP contribution in [0, 0.1) is 4.91 Å². The van der Waals surface area contributed by atoms with E-state index >= 15 is 0 Å². The first-order chi connectivity index (χ1) is 6.88. The Balaban J connectivity index is 2.14. The van der Waals surface area contributed by atoms with Crippen LogP contribution in [0.2, 0.25) is 0 Å². The maximum absolute atomic E-state index is 10.1. The third kappa shape index (κ3) is 1.77. The lowest BCUT2D eigenvalue weighted by atomic mass is 10.3. The molecule has 0 spiro atoms. The molecule has 0 bridgehead atoms. The van der Waals surface area contributed by atoms with Crippen molar-refractivity contribution in [2.45, 2.75) is 0 Å². The molecule has 5 heteroatoms. The number of aromatic nitrogens is 2. The van der Waals surface area contributed by atoms with Gasteiger partial charge in [-0.15, -0.1) is 4.91 Å². The average Bonchev–Trinajstić information content (AvgIpc) is 2.86. The number of nitroso groups, excluding NO2 is 1. The van der Waals surface area contributed by atoms with E-state index in [0.717, 1.165) is 5.69 Å². The van der Waals surface area contributed by atoms with Crippen LogP contribution in [-0.4, -0.2) is 10.2 Å². The molecule has 2 heterocycles. The Kier molecular flexibility index (Phi) is 2.22. The molecule has 5 nitrogen and oxygen atoms in total. The first kappa shape index (κ1) is 8.43. The number of H-pyrrole nitrogens is 1. The number of hydrogen-bond donors (Lipinski definition) is 1. The standard InChI is InChI=1S/C9H7N3O2/c13-12-9-4-3-8(14-9)2-1-7-5-6-10-11-7/h1-6H,(H,10,11)/b2-1+. The fraction of sp³-hybridized carbons (Fsp3) is 0. The molecule has 0 aliphatic heterocycles. The SMILES string of the molecule is O=Nc1ccc(/C=C/c2ccn[nH]2)o1. The third-order valence-electron chi connectivity index (χ3n) is 1.65. The Morgan fingerprint density at radius 1 is 1.36 bits per heavy atom. The summed E-state index contributed by atoms with van der Waals surface area (Å²) in [6.07, 6.45) is 5.17. The van der Waals surface area contributed by atoms with E-state index in [4.69, 9.17) is 4.42 Å². The highest BCUT2D eigenvalue weighted by molar-refractivity contribution is 5.65. The first-order valence-corrected chi connectivity index (χ1v) is 3.99. The highest BCUT2D eigenvalue weighted by Crippen LogP contribution is 2.17. The molecule has 0 aliphatic carbocycles. The van der Waals surface area contributed by atoms with Gasteiger partial charge in [0.25, 0.3) is 5.88 Å². The smallest absolute Gasteiger partial charge is 0.260 e. The van der Waals surface area contributed by atoms with Gasteiger partial charge in [0.15, 0.2) is 0 Å². The summed E-state index contributed by atoms with van der Waals surface area (Å²) >= 11 is 0. The van der Waals surface area contributed by atoms with Crippen molar-refractivity contribution in [2.75, 3.05) is 0 Å². The van der Waals surface area contributed by atoms with E-state index in [1.54, 1.807) is 24.4 Å². The second kappa shape index (κ2) is 3.69. The van der Waals surface area contributed by atoms with Crippen LogP contribution >= 0.6 is 0 Å². The maximum Gasteiger partial charge on any atom is 0.260 e. The normalized spacial score (nSPS) is 10.9. The number of hydrogen-bond acceptors (Lipinski definition) is 4. The van der Waals surface area contributed by atoms with Gasteiger partial charge in [-0.2, -0.15) is 5.10 Å². The van der Waals surface area contributed by atoms with Gasteiger partial charge in [-0.25, -0.2) is 0 Å². The van der Waals surface area contributed by atoms with Crippen LogP contribution < -0.4 is 0 Å². The zero-order chi connectivity index (χ0) is 9.80. The van der Waals surface area contributed by atoms with Gasteiger partial charge in [0.1, 0.15) is 5.76 Å². The third-order valence-corrected chi connectivity index (χ3v) is 1.65. The molecular weight excluding hydrogens is 182 g/mol.